The Kier molecular flexibility index (Phi) is 4.90. The molecule has 6 heteroatoms. The summed E-state index contributed by atoms with van der Waals surface area (Å²) in [6.07, 6.45) is 21.5. The average Bonchev–Trinajstić information content (AvgIpc) is 3.23. The zero-order chi connectivity index (χ0) is 16.1. The second kappa shape index (κ2) is 7.26. The Bertz CT molecular complexity index is 675. The van der Waals surface area contributed by atoms with Crippen LogP contribution in [0.2, 0.25) is 0 Å². The SMILES string of the molecule is C[n+]1ccn(CCCn2cc[n+](CCCn3cc[n+](C)c3)c2)c1. The van der Waals surface area contributed by atoms with E-state index in [2.05, 4.69) is 97.7 Å². The normalized spacial score (nSPS) is 11.2. The van der Waals surface area contributed by atoms with Crippen molar-refractivity contribution in [2.24, 2.45) is 14.1 Å². The van der Waals surface area contributed by atoms with E-state index >= 15 is 0 Å². The van der Waals surface area contributed by atoms with Crippen molar-refractivity contribution in [2.45, 2.75) is 39.0 Å². The number of hydrogen-bond acceptors (Lipinski definition) is 0. The molecule has 0 radical (unpaired) electrons. The molecule has 0 N–H and O–H groups in total. The lowest BCUT2D eigenvalue weighted by molar-refractivity contribution is -0.697. The first kappa shape index (κ1) is 15.5. The molecular formula is C17H27N6+3. The van der Waals surface area contributed by atoms with E-state index in [4.69, 9.17) is 0 Å². The molecule has 0 spiro atoms. The van der Waals surface area contributed by atoms with Crippen molar-refractivity contribution < 1.29 is 13.7 Å². The minimum Gasteiger partial charge on any atom is -0.240 e. The van der Waals surface area contributed by atoms with E-state index in [-0.39, 0.29) is 0 Å². The molecule has 0 saturated heterocycles. The van der Waals surface area contributed by atoms with Gasteiger partial charge in [0.05, 0.1) is 40.3 Å². The highest BCUT2D eigenvalue weighted by molar-refractivity contribution is 4.69. The van der Waals surface area contributed by atoms with Crippen LogP contribution in [-0.4, -0.2) is 13.7 Å². The third-order valence-electron chi connectivity index (χ3n) is 4.06. The number of aryl methyl sites for hydroxylation is 6. The molecule has 0 aliphatic rings. The van der Waals surface area contributed by atoms with E-state index in [1.54, 1.807) is 0 Å². The summed E-state index contributed by atoms with van der Waals surface area (Å²) in [5.74, 6) is 0. The first-order valence-corrected chi connectivity index (χ1v) is 8.26. The second-order valence-electron chi connectivity index (χ2n) is 6.23. The van der Waals surface area contributed by atoms with Crippen LogP contribution in [-0.2, 0) is 40.3 Å². The predicted molar refractivity (Wildman–Crippen MR) is 85.1 cm³/mol. The van der Waals surface area contributed by atoms with E-state index in [0.717, 1.165) is 39.0 Å². The fraction of sp³-hybridized carbons (Fsp3) is 0.471. The molecule has 0 bridgehead atoms. The lowest BCUT2D eigenvalue weighted by Gasteiger charge is -1.97. The van der Waals surface area contributed by atoms with Gasteiger partial charge >= 0.3 is 0 Å². The number of hydrogen-bond donors (Lipinski definition) is 0. The van der Waals surface area contributed by atoms with E-state index < -0.39 is 0 Å². The zero-order valence-corrected chi connectivity index (χ0v) is 14.1. The largest absolute Gasteiger partial charge is 0.243 e. The molecule has 0 aromatic carbocycles. The van der Waals surface area contributed by atoms with E-state index in [9.17, 15) is 0 Å². The molecule has 0 unspecified atom stereocenters. The highest BCUT2D eigenvalue weighted by Gasteiger charge is 2.06. The van der Waals surface area contributed by atoms with Gasteiger partial charge in [-0.3, -0.25) is 0 Å². The Morgan fingerprint density at radius 3 is 1.74 bits per heavy atom. The lowest BCUT2D eigenvalue weighted by Crippen LogP contribution is -2.31. The van der Waals surface area contributed by atoms with Crippen LogP contribution in [0.25, 0.3) is 0 Å². The molecule has 0 atom stereocenters. The van der Waals surface area contributed by atoms with Crippen molar-refractivity contribution in [3.8, 4) is 0 Å². The fourth-order valence-electron chi connectivity index (χ4n) is 2.84. The Labute approximate surface area is 137 Å². The van der Waals surface area contributed by atoms with Crippen molar-refractivity contribution in [3.63, 3.8) is 0 Å². The Morgan fingerprint density at radius 2 is 1.17 bits per heavy atom. The molecule has 23 heavy (non-hydrogen) atoms. The van der Waals surface area contributed by atoms with Crippen LogP contribution >= 0.6 is 0 Å². The summed E-state index contributed by atoms with van der Waals surface area (Å²) >= 11 is 0. The summed E-state index contributed by atoms with van der Waals surface area (Å²) < 4.78 is 13.2. The van der Waals surface area contributed by atoms with Crippen LogP contribution in [0.5, 0.6) is 0 Å². The van der Waals surface area contributed by atoms with Crippen LogP contribution in [0.15, 0.2) is 56.2 Å². The zero-order valence-electron chi connectivity index (χ0n) is 14.1. The van der Waals surface area contributed by atoms with Crippen molar-refractivity contribution in [1.82, 2.24) is 13.7 Å². The molecule has 6 nitrogen and oxygen atoms in total. The van der Waals surface area contributed by atoms with Gasteiger partial charge in [-0.2, -0.15) is 0 Å². The first-order chi connectivity index (χ1) is 11.2. The predicted octanol–water partition coefficient (Wildman–Crippen LogP) is 0.208. The Morgan fingerprint density at radius 1 is 0.652 bits per heavy atom. The molecule has 3 aromatic rings. The van der Waals surface area contributed by atoms with Gasteiger partial charge in [-0.15, -0.1) is 0 Å². The smallest absolute Gasteiger partial charge is 0.240 e. The molecule has 0 saturated carbocycles. The fourth-order valence-corrected chi connectivity index (χ4v) is 2.84. The molecular weight excluding hydrogens is 288 g/mol. The molecule has 0 fully saturated rings. The maximum Gasteiger partial charge on any atom is 0.243 e. The van der Waals surface area contributed by atoms with Gasteiger partial charge in [0.2, 0.25) is 19.0 Å². The maximum atomic E-state index is 2.28. The van der Waals surface area contributed by atoms with Crippen LogP contribution in [0.4, 0.5) is 0 Å². The third-order valence-corrected chi connectivity index (χ3v) is 4.06. The van der Waals surface area contributed by atoms with Gasteiger partial charge in [-0.25, -0.2) is 27.4 Å². The molecule has 3 heterocycles. The Hall–Kier alpha value is -2.37. The summed E-state index contributed by atoms with van der Waals surface area (Å²) in [6, 6.07) is 0. The van der Waals surface area contributed by atoms with Crippen molar-refractivity contribution >= 4 is 0 Å². The minimum absolute atomic E-state index is 1.06. The minimum atomic E-state index is 1.06. The van der Waals surface area contributed by atoms with Crippen LogP contribution in [0.1, 0.15) is 12.8 Å². The number of imidazole rings is 3. The number of nitrogens with zero attached hydrogens (tertiary/aromatic N) is 6. The third kappa shape index (κ3) is 4.55. The summed E-state index contributed by atoms with van der Waals surface area (Å²) in [7, 11) is 4.11. The van der Waals surface area contributed by atoms with E-state index in [1.807, 2.05) is 0 Å². The number of aromatic nitrogens is 6. The van der Waals surface area contributed by atoms with Crippen LogP contribution in [0.3, 0.4) is 0 Å². The van der Waals surface area contributed by atoms with Gasteiger partial charge in [-0.1, -0.05) is 0 Å². The van der Waals surface area contributed by atoms with Gasteiger partial charge in [-0.05, 0) is 0 Å². The molecule has 122 valence electrons. The topological polar surface area (TPSA) is 26.4 Å². The Balaban J connectivity index is 1.39. The summed E-state index contributed by atoms with van der Waals surface area (Å²) in [4.78, 5) is 0. The van der Waals surface area contributed by atoms with Crippen LogP contribution < -0.4 is 13.7 Å². The molecule has 0 aliphatic heterocycles. The standard InChI is InChI=1S/C17H27N6/c1-18-9-11-20(15-18)5-3-7-22-13-14-23(17-22)8-4-6-21-12-10-19(2)16-21/h9-17H,3-8H2,1-2H3/q+3. The van der Waals surface area contributed by atoms with Crippen LogP contribution in [0, 0.1) is 0 Å². The highest BCUT2D eigenvalue weighted by Crippen LogP contribution is 1.95. The van der Waals surface area contributed by atoms with Crippen molar-refractivity contribution in [2.75, 3.05) is 0 Å². The average molecular weight is 315 g/mol. The van der Waals surface area contributed by atoms with Gasteiger partial charge in [0, 0.05) is 12.8 Å². The quantitative estimate of drug-likeness (QED) is 0.531. The molecule has 3 aromatic heterocycles. The summed E-state index contributed by atoms with van der Waals surface area (Å²) in [5, 5.41) is 0. The highest BCUT2D eigenvalue weighted by atomic mass is 15.1. The van der Waals surface area contributed by atoms with Gasteiger partial charge in [0.25, 0.3) is 0 Å². The maximum absolute atomic E-state index is 2.28. The molecule has 3 rings (SSSR count). The molecule has 0 aliphatic carbocycles. The monoisotopic (exact) mass is 315 g/mol. The summed E-state index contributed by atoms with van der Waals surface area (Å²) in [6.45, 7) is 4.23. The van der Waals surface area contributed by atoms with Gasteiger partial charge < -0.3 is 0 Å². The van der Waals surface area contributed by atoms with E-state index in [0.29, 0.717) is 0 Å². The van der Waals surface area contributed by atoms with Gasteiger partial charge in [0.1, 0.15) is 37.2 Å². The summed E-state index contributed by atoms with van der Waals surface area (Å²) in [5.41, 5.74) is 0. The van der Waals surface area contributed by atoms with E-state index in [1.165, 1.54) is 0 Å². The van der Waals surface area contributed by atoms with Gasteiger partial charge in [0.15, 0.2) is 0 Å². The lowest BCUT2D eigenvalue weighted by atomic mass is 10.4. The first-order valence-electron chi connectivity index (χ1n) is 8.26. The number of rotatable bonds is 8. The second-order valence-corrected chi connectivity index (χ2v) is 6.23. The van der Waals surface area contributed by atoms with Crippen molar-refractivity contribution in [3.05, 3.63) is 56.2 Å². The molecule has 0 amide bonds. The van der Waals surface area contributed by atoms with Crippen molar-refractivity contribution in [1.29, 1.82) is 0 Å².